The van der Waals surface area contributed by atoms with Gasteiger partial charge in [-0.3, -0.25) is 9.52 Å². The predicted molar refractivity (Wildman–Crippen MR) is 121 cm³/mol. The van der Waals surface area contributed by atoms with E-state index in [1.54, 1.807) is 54.7 Å². The highest BCUT2D eigenvalue weighted by atomic mass is 32.2. The number of furan rings is 1. The van der Waals surface area contributed by atoms with Gasteiger partial charge >= 0.3 is 0 Å². The van der Waals surface area contributed by atoms with E-state index < -0.39 is 10.0 Å². The molecule has 1 aliphatic rings. The van der Waals surface area contributed by atoms with E-state index in [0.29, 0.717) is 22.8 Å². The Morgan fingerprint density at radius 3 is 2.47 bits per heavy atom. The molecule has 0 bridgehead atoms. The van der Waals surface area contributed by atoms with E-state index in [1.807, 2.05) is 19.9 Å². The van der Waals surface area contributed by atoms with Crippen molar-refractivity contribution in [3.63, 3.8) is 0 Å². The first-order valence-electron chi connectivity index (χ1n) is 10.4. The number of anilines is 1. The zero-order chi connectivity index (χ0) is 22.9. The van der Waals surface area contributed by atoms with Crippen LogP contribution in [0.3, 0.4) is 0 Å². The van der Waals surface area contributed by atoms with Crippen LogP contribution in [-0.2, 0) is 10.0 Å². The van der Waals surface area contributed by atoms with Gasteiger partial charge in [0.05, 0.1) is 24.3 Å². The van der Waals surface area contributed by atoms with E-state index in [9.17, 15) is 13.2 Å². The van der Waals surface area contributed by atoms with Gasteiger partial charge in [-0.1, -0.05) is 6.07 Å². The van der Waals surface area contributed by atoms with Crippen molar-refractivity contribution in [2.45, 2.75) is 43.7 Å². The van der Waals surface area contributed by atoms with Crippen LogP contribution in [0, 0.1) is 6.92 Å². The standard InChI is InChI=1S/C24H26N2O5S/c1-16-6-13-21(32(28,29)25-18-7-11-20(30-3)12-8-18)15-22(16)24(27)26(19-9-10-19)17(2)23-5-4-14-31-23/h4-8,11-15,17,19,25H,9-10H2,1-3H3. The van der Waals surface area contributed by atoms with Crippen LogP contribution >= 0.6 is 0 Å². The highest BCUT2D eigenvalue weighted by molar-refractivity contribution is 7.92. The van der Waals surface area contributed by atoms with Crippen LogP contribution in [0.5, 0.6) is 5.75 Å². The zero-order valence-electron chi connectivity index (χ0n) is 18.2. The van der Waals surface area contributed by atoms with Gasteiger partial charge in [0.2, 0.25) is 0 Å². The number of nitrogens with zero attached hydrogens (tertiary/aromatic N) is 1. The highest BCUT2D eigenvalue weighted by Gasteiger charge is 2.38. The van der Waals surface area contributed by atoms with Crippen molar-refractivity contribution in [2.24, 2.45) is 0 Å². The summed E-state index contributed by atoms with van der Waals surface area (Å²) in [6, 6.07) is 14.7. The number of benzene rings is 2. The minimum absolute atomic E-state index is 0.0312. The van der Waals surface area contributed by atoms with Crippen LogP contribution in [-0.4, -0.2) is 32.4 Å². The number of ether oxygens (including phenoxy) is 1. The topological polar surface area (TPSA) is 88.8 Å². The fourth-order valence-corrected chi connectivity index (χ4v) is 4.77. The van der Waals surface area contributed by atoms with E-state index in [0.717, 1.165) is 18.4 Å². The minimum atomic E-state index is -3.88. The molecular weight excluding hydrogens is 428 g/mol. The Balaban J connectivity index is 1.63. The Morgan fingerprint density at radius 1 is 1.16 bits per heavy atom. The quantitative estimate of drug-likeness (QED) is 0.530. The van der Waals surface area contributed by atoms with Crippen molar-refractivity contribution in [2.75, 3.05) is 11.8 Å². The van der Waals surface area contributed by atoms with Gasteiger partial charge in [-0.15, -0.1) is 0 Å². The van der Waals surface area contributed by atoms with E-state index in [1.165, 1.54) is 12.1 Å². The first-order valence-corrected chi connectivity index (χ1v) is 11.9. The van der Waals surface area contributed by atoms with Gasteiger partial charge in [-0.05, 0) is 80.8 Å². The Morgan fingerprint density at radius 2 is 1.88 bits per heavy atom. The second kappa shape index (κ2) is 8.70. The number of rotatable bonds is 8. The maximum absolute atomic E-state index is 13.5. The largest absolute Gasteiger partial charge is 0.497 e. The first-order chi connectivity index (χ1) is 15.3. The molecule has 0 saturated heterocycles. The summed E-state index contributed by atoms with van der Waals surface area (Å²) in [5.41, 5.74) is 1.49. The summed E-state index contributed by atoms with van der Waals surface area (Å²) in [6.07, 6.45) is 3.43. The van der Waals surface area contributed by atoms with Gasteiger partial charge < -0.3 is 14.1 Å². The zero-order valence-corrected chi connectivity index (χ0v) is 19.1. The minimum Gasteiger partial charge on any atom is -0.497 e. The number of hydrogen-bond donors (Lipinski definition) is 1. The Bertz CT molecular complexity index is 1200. The molecule has 1 aliphatic carbocycles. The number of methoxy groups -OCH3 is 1. The fourth-order valence-electron chi connectivity index (χ4n) is 3.69. The van der Waals surface area contributed by atoms with Crippen molar-refractivity contribution < 1.29 is 22.4 Å². The first kappa shape index (κ1) is 22.0. The number of carbonyl (C=O) groups is 1. The molecule has 1 atom stereocenters. The molecule has 1 aromatic heterocycles. The molecule has 0 aliphatic heterocycles. The summed E-state index contributed by atoms with van der Waals surface area (Å²) < 4.78 is 39.2. The van der Waals surface area contributed by atoms with Crippen LogP contribution < -0.4 is 9.46 Å². The van der Waals surface area contributed by atoms with Crippen molar-refractivity contribution in [1.29, 1.82) is 0 Å². The van der Waals surface area contributed by atoms with Crippen LogP contribution in [0.1, 0.15) is 47.5 Å². The van der Waals surface area contributed by atoms with E-state index in [2.05, 4.69) is 4.72 Å². The number of hydrogen-bond acceptors (Lipinski definition) is 5. The van der Waals surface area contributed by atoms with Crippen molar-refractivity contribution in [3.8, 4) is 5.75 Å². The third-order valence-electron chi connectivity index (χ3n) is 5.64. The summed E-state index contributed by atoms with van der Waals surface area (Å²) in [5.74, 6) is 1.13. The predicted octanol–water partition coefficient (Wildman–Crippen LogP) is 4.76. The van der Waals surface area contributed by atoms with Crippen molar-refractivity contribution >= 4 is 21.6 Å². The Hall–Kier alpha value is -3.26. The molecule has 2 aromatic carbocycles. The fraction of sp³-hybridized carbons (Fsp3) is 0.292. The van der Waals surface area contributed by atoms with E-state index >= 15 is 0 Å². The maximum atomic E-state index is 13.5. The molecule has 3 aromatic rings. The number of carbonyl (C=O) groups excluding carboxylic acids is 1. The molecule has 168 valence electrons. The molecule has 1 unspecified atom stereocenters. The lowest BCUT2D eigenvalue weighted by atomic mass is 10.1. The Kier molecular flexibility index (Phi) is 5.97. The molecule has 0 radical (unpaired) electrons. The average Bonchev–Trinajstić information content (AvgIpc) is 3.45. The van der Waals surface area contributed by atoms with Crippen LogP contribution in [0.4, 0.5) is 5.69 Å². The summed E-state index contributed by atoms with van der Waals surface area (Å²) in [6.45, 7) is 3.74. The molecule has 8 heteroatoms. The molecular formula is C24H26N2O5S. The number of nitrogens with one attached hydrogen (secondary N) is 1. The number of aryl methyl sites for hydroxylation is 1. The highest BCUT2D eigenvalue weighted by Crippen LogP contribution is 2.36. The molecule has 1 amide bonds. The Labute approximate surface area is 188 Å². The lowest BCUT2D eigenvalue weighted by molar-refractivity contribution is 0.0651. The summed E-state index contributed by atoms with van der Waals surface area (Å²) in [5, 5.41) is 0. The normalized spacial score (nSPS) is 14.6. The molecule has 1 N–H and O–H groups in total. The second-order valence-corrected chi connectivity index (χ2v) is 9.63. The maximum Gasteiger partial charge on any atom is 0.261 e. The van der Waals surface area contributed by atoms with Crippen molar-refractivity contribution in [1.82, 2.24) is 4.90 Å². The van der Waals surface area contributed by atoms with Crippen LogP contribution in [0.25, 0.3) is 0 Å². The smallest absolute Gasteiger partial charge is 0.261 e. The van der Waals surface area contributed by atoms with Gasteiger partial charge in [0.1, 0.15) is 11.5 Å². The summed E-state index contributed by atoms with van der Waals surface area (Å²) >= 11 is 0. The third-order valence-corrected chi connectivity index (χ3v) is 7.02. The van der Waals surface area contributed by atoms with Crippen LogP contribution in [0.2, 0.25) is 0 Å². The van der Waals surface area contributed by atoms with E-state index in [-0.39, 0.29) is 22.9 Å². The molecule has 1 heterocycles. The van der Waals surface area contributed by atoms with E-state index in [4.69, 9.17) is 9.15 Å². The van der Waals surface area contributed by atoms with Gasteiger partial charge in [-0.2, -0.15) is 0 Å². The second-order valence-electron chi connectivity index (χ2n) is 7.95. The SMILES string of the molecule is COc1ccc(NS(=O)(=O)c2ccc(C)c(C(=O)N(C3CC3)C(C)c3ccco3)c2)cc1. The van der Waals surface area contributed by atoms with Crippen molar-refractivity contribution in [3.05, 3.63) is 77.7 Å². The van der Waals surface area contributed by atoms with Gasteiger partial charge in [-0.25, -0.2) is 8.42 Å². The lowest BCUT2D eigenvalue weighted by Crippen LogP contribution is -2.36. The third kappa shape index (κ3) is 4.50. The van der Waals surface area contributed by atoms with Gasteiger partial charge in [0.25, 0.3) is 15.9 Å². The van der Waals surface area contributed by atoms with Gasteiger partial charge in [0.15, 0.2) is 0 Å². The molecule has 1 saturated carbocycles. The van der Waals surface area contributed by atoms with Crippen LogP contribution in [0.15, 0.2) is 70.2 Å². The molecule has 7 nitrogen and oxygen atoms in total. The molecule has 0 spiro atoms. The van der Waals surface area contributed by atoms with Gasteiger partial charge in [0, 0.05) is 17.3 Å². The lowest BCUT2D eigenvalue weighted by Gasteiger charge is -2.29. The molecule has 32 heavy (non-hydrogen) atoms. The average molecular weight is 455 g/mol. The summed E-state index contributed by atoms with van der Waals surface area (Å²) in [4.78, 5) is 15.4. The monoisotopic (exact) mass is 454 g/mol. The number of amides is 1. The summed E-state index contributed by atoms with van der Waals surface area (Å²) in [7, 11) is -2.34. The molecule has 1 fully saturated rings. The number of sulfonamides is 1. The molecule has 4 rings (SSSR count).